The van der Waals surface area contributed by atoms with Gasteiger partial charge in [0.25, 0.3) is 0 Å². The Labute approximate surface area is 76.4 Å². The van der Waals surface area contributed by atoms with E-state index in [1.165, 1.54) is 0 Å². The SMILES string of the molecule is C=CCN(CCCN)C(C)(C)C. The Bertz CT molecular complexity index is 124. The molecule has 0 saturated heterocycles. The first-order valence-electron chi connectivity index (χ1n) is 4.58. The van der Waals surface area contributed by atoms with Gasteiger partial charge < -0.3 is 5.73 Å². The molecule has 72 valence electrons. The summed E-state index contributed by atoms with van der Waals surface area (Å²) in [7, 11) is 0. The molecule has 0 saturated carbocycles. The first kappa shape index (κ1) is 11.7. The van der Waals surface area contributed by atoms with Gasteiger partial charge in [-0.25, -0.2) is 0 Å². The van der Waals surface area contributed by atoms with Crippen LogP contribution in [0.1, 0.15) is 27.2 Å². The van der Waals surface area contributed by atoms with Gasteiger partial charge in [0.15, 0.2) is 0 Å². The summed E-state index contributed by atoms with van der Waals surface area (Å²) in [6.07, 6.45) is 3.01. The molecule has 2 nitrogen and oxygen atoms in total. The molecule has 0 unspecified atom stereocenters. The zero-order valence-corrected chi connectivity index (χ0v) is 8.64. The molecule has 0 heterocycles. The third kappa shape index (κ3) is 4.52. The number of nitrogens with two attached hydrogens (primary N) is 1. The molecular formula is C10H22N2. The second-order valence-corrected chi connectivity index (χ2v) is 4.05. The van der Waals surface area contributed by atoms with Crippen LogP contribution in [0.25, 0.3) is 0 Å². The minimum absolute atomic E-state index is 0.226. The van der Waals surface area contributed by atoms with Gasteiger partial charge in [0, 0.05) is 18.6 Å². The molecule has 0 aromatic heterocycles. The van der Waals surface area contributed by atoms with Crippen LogP contribution in [0.5, 0.6) is 0 Å². The highest BCUT2D eigenvalue weighted by molar-refractivity contribution is 4.82. The van der Waals surface area contributed by atoms with E-state index < -0.39 is 0 Å². The molecule has 0 rings (SSSR count). The van der Waals surface area contributed by atoms with Crippen molar-refractivity contribution >= 4 is 0 Å². The van der Waals surface area contributed by atoms with Crippen molar-refractivity contribution < 1.29 is 0 Å². The van der Waals surface area contributed by atoms with Gasteiger partial charge >= 0.3 is 0 Å². The minimum atomic E-state index is 0.226. The molecule has 0 bridgehead atoms. The average Bonchev–Trinajstić information content (AvgIpc) is 1.95. The van der Waals surface area contributed by atoms with Crippen molar-refractivity contribution in [2.24, 2.45) is 5.73 Å². The molecule has 2 N–H and O–H groups in total. The summed E-state index contributed by atoms with van der Waals surface area (Å²) in [5.74, 6) is 0. The molecule has 0 spiro atoms. The predicted octanol–water partition coefficient (Wildman–Crippen LogP) is 1.62. The van der Waals surface area contributed by atoms with Crippen LogP contribution in [0.4, 0.5) is 0 Å². The normalized spacial score (nSPS) is 12.1. The zero-order chi connectivity index (χ0) is 9.61. The zero-order valence-electron chi connectivity index (χ0n) is 8.64. The molecule has 0 radical (unpaired) electrons. The van der Waals surface area contributed by atoms with Crippen LogP contribution in [0.2, 0.25) is 0 Å². The lowest BCUT2D eigenvalue weighted by molar-refractivity contribution is 0.153. The van der Waals surface area contributed by atoms with Gasteiger partial charge in [-0.15, -0.1) is 6.58 Å². The Balaban J connectivity index is 3.94. The fourth-order valence-electron chi connectivity index (χ4n) is 1.14. The molecule has 0 aliphatic rings. The van der Waals surface area contributed by atoms with Crippen molar-refractivity contribution in [3.8, 4) is 0 Å². The average molecular weight is 170 g/mol. The molecule has 0 amide bonds. The van der Waals surface area contributed by atoms with E-state index in [9.17, 15) is 0 Å². The minimum Gasteiger partial charge on any atom is -0.330 e. The van der Waals surface area contributed by atoms with Gasteiger partial charge in [-0.3, -0.25) is 4.90 Å². The molecular weight excluding hydrogens is 148 g/mol. The molecule has 0 aliphatic carbocycles. The number of rotatable bonds is 5. The summed E-state index contributed by atoms with van der Waals surface area (Å²) in [6.45, 7) is 13.2. The lowest BCUT2D eigenvalue weighted by Crippen LogP contribution is -2.42. The van der Waals surface area contributed by atoms with Crippen molar-refractivity contribution in [2.75, 3.05) is 19.6 Å². The second kappa shape index (κ2) is 5.33. The number of hydrogen-bond donors (Lipinski definition) is 1. The summed E-state index contributed by atoms with van der Waals surface area (Å²) in [6, 6.07) is 0. The van der Waals surface area contributed by atoms with Crippen molar-refractivity contribution in [1.82, 2.24) is 4.90 Å². The number of nitrogens with zero attached hydrogens (tertiary/aromatic N) is 1. The van der Waals surface area contributed by atoms with E-state index in [2.05, 4.69) is 32.3 Å². The maximum atomic E-state index is 5.46. The van der Waals surface area contributed by atoms with Crippen LogP contribution in [0.15, 0.2) is 12.7 Å². The highest BCUT2D eigenvalue weighted by Gasteiger charge is 2.18. The Morgan fingerprint density at radius 3 is 2.33 bits per heavy atom. The van der Waals surface area contributed by atoms with Crippen molar-refractivity contribution in [1.29, 1.82) is 0 Å². The Kier molecular flexibility index (Phi) is 5.18. The van der Waals surface area contributed by atoms with Crippen molar-refractivity contribution in [2.45, 2.75) is 32.7 Å². The molecule has 0 fully saturated rings. The van der Waals surface area contributed by atoms with E-state index >= 15 is 0 Å². The smallest absolute Gasteiger partial charge is 0.0165 e. The van der Waals surface area contributed by atoms with Crippen LogP contribution in [0.3, 0.4) is 0 Å². The van der Waals surface area contributed by atoms with E-state index in [-0.39, 0.29) is 5.54 Å². The lowest BCUT2D eigenvalue weighted by Gasteiger charge is -2.34. The highest BCUT2D eigenvalue weighted by atomic mass is 15.2. The molecule has 0 atom stereocenters. The predicted molar refractivity (Wildman–Crippen MR) is 55.2 cm³/mol. The molecule has 0 aromatic carbocycles. The standard InChI is InChI=1S/C10H22N2/c1-5-8-12(9-6-7-11)10(2,3)4/h5H,1,6-9,11H2,2-4H3. The molecule has 2 heteroatoms. The fraction of sp³-hybridized carbons (Fsp3) is 0.800. The topological polar surface area (TPSA) is 29.3 Å². The monoisotopic (exact) mass is 170 g/mol. The Morgan fingerprint density at radius 2 is 2.00 bits per heavy atom. The Morgan fingerprint density at radius 1 is 1.42 bits per heavy atom. The van der Waals surface area contributed by atoms with Crippen LogP contribution in [-0.2, 0) is 0 Å². The first-order valence-corrected chi connectivity index (χ1v) is 4.58. The van der Waals surface area contributed by atoms with Gasteiger partial charge in [-0.05, 0) is 33.7 Å². The van der Waals surface area contributed by atoms with Gasteiger partial charge in [0.2, 0.25) is 0 Å². The quantitative estimate of drug-likeness (QED) is 0.635. The summed E-state index contributed by atoms with van der Waals surface area (Å²) in [4.78, 5) is 2.38. The lowest BCUT2D eigenvalue weighted by atomic mass is 10.1. The van der Waals surface area contributed by atoms with E-state index in [0.29, 0.717) is 0 Å². The van der Waals surface area contributed by atoms with Crippen LogP contribution in [-0.4, -0.2) is 30.1 Å². The van der Waals surface area contributed by atoms with Crippen LogP contribution >= 0.6 is 0 Å². The van der Waals surface area contributed by atoms with Crippen molar-refractivity contribution in [3.63, 3.8) is 0 Å². The summed E-state index contributed by atoms with van der Waals surface area (Å²) < 4.78 is 0. The third-order valence-electron chi connectivity index (χ3n) is 1.93. The molecule has 0 aliphatic heterocycles. The van der Waals surface area contributed by atoms with Crippen LogP contribution < -0.4 is 5.73 Å². The highest BCUT2D eigenvalue weighted by Crippen LogP contribution is 2.12. The van der Waals surface area contributed by atoms with E-state index in [1.54, 1.807) is 0 Å². The van der Waals surface area contributed by atoms with Gasteiger partial charge in [0.1, 0.15) is 0 Å². The van der Waals surface area contributed by atoms with Crippen molar-refractivity contribution in [3.05, 3.63) is 12.7 Å². The third-order valence-corrected chi connectivity index (χ3v) is 1.93. The molecule has 12 heavy (non-hydrogen) atoms. The maximum absolute atomic E-state index is 5.46. The fourth-order valence-corrected chi connectivity index (χ4v) is 1.14. The summed E-state index contributed by atoms with van der Waals surface area (Å²) in [5, 5.41) is 0. The van der Waals surface area contributed by atoms with Gasteiger partial charge in [0.05, 0.1) is 0 Å². The first-order chi connectivity index (χ1) is 5.52. The Hall–Kier alpha value is -0.340. The largest absolute Gasteiger partial charge is 0.330 e. The summed E-state index contributed by atoms with van der Waals surface area (Å²) in [5.41, 5.74) is 5.69. The number of hydrogen-bond acceptors (Lipinski definition) is 2. The summed E-state index contributed by atoms with van der Waals surface area (Å²) >= 11 is 0. The van der Waals surface area contributed by atoms with Crippen LogP contribution in [0, 0.1) is 0 Å². The second-order valence-electron chi connectivity index (χ2n) is 4.05. The maximum Gasteiger partial charge on any atom is 0.0165 e. The van der Waals surface area contributed by atoms with E-state index in [1.807, 2.05) is 6.08 Å². The van der Waals surface area contributed by atoms with Gasteiger partial charge in [-0.2, -0.15) is 0 Å². The van der Waals surface area contributed by atoms with E-state index in [4.69, 9.17) is 5.73 Å². The molecule has 0 aromatic rings. The van der Waals surface area contributed by atoms with E-state index in [0.717, 1.165) is 26.1 Å². The van der Waals surface area contributed by atoms with Gasteiger partial charge in [-0.1, -0.05) is 6.08 Å².